The summed E-state index contributed by atoms with van der Waals surface area (Å²) in [6.07, 6.45) is 0.287. The molecule has 0 aliphatic carbocycles. The van der Waals surface area contributed by atoms with E-state index < -0.39 is 16.1 Å². The lowest BCUT2D eigenvalue weighted by molar-refractivity contribution is 0.108. The zero-order chi connectivity index (χ0) is 26.4. The van der Waals surface area contributed by atoms with Crippen LogP contribution in [0.1, 0.15) is 18.9 Å². The maximum Gasteiger partial charge on any atom is 0.213 e. The van der Waals surface area contributed by atoms with Gasteiger partial charge in [-0.15, -0.1) is 0 Å². The molecule has 204 valence electrons. The second kappa shape index (κ2) is 12.4. The molecule has 11 nitrogen and oxygen atoms in total. The molecule has 2 aromatic rings. The van der Waals surface area contributed by atoms with Gasteiger partial charge in [-0.05, 0) is 39.4 Å². The summed E-state index contributed by atoms with van der Waals surface area (Å²) in [7, 11) is -1.44. The van der Waals surface area contributed by atoms with E-state index in [1.54, 1.807) is 18.3 Å². The highest BCUT2D eigenvalue weighted by atomic mass is 32.2. The first-order chi connectivity index (χ1) is 17.8. The van der Waals surface area contributed by atoms with Gasteiger partial charge in [0.25, 0.3) is 0 Å². The molecule has 3 heterocycles. The van der Waals surface area contributed by atoms with Crippen molar-refractivity contribution in [2.24, 2.45) is 0 Å². The molecule has 3 N–H and O–H groups in total. The van der Waals surface area contributed by atoms with Crippen LogP contribution in [0.15, 0.2) is 24.3 Å². The van der Waals surface area contributed by atoms with E-state index in [1.807, 2.05) is 31.2 Å². The van der Waals surface area contributed by atoms with Crippen LogP contribution in [0.3, 0.4) is 0 Å². The van der Waals surface area contributed by atoms with Crippen molar-refractivity contribution in [1.82, 2.24) is 19.6 Å². The molecule has 2 fully saturated rings. The van der Waals surface area contributed by atoms with E-state index in [0.29, 0.717) is 57.5 Å². The van der Waals surface area contributed by atoms with Gasteiger partial charge < -0.3 is 30.1 Å². The summed E-state index contributed by atoms with van der Waals surface area (Å²) in [5.74, 6) is 2.80. The van der Waals surface area contributed by atoms with Crippen LogP contribution >= 0.6 is 0 Å². The minimum absolute atomic E-state index is 0.103. The van der Waals surface area contributed by atoms with Crippen LogP contribution in [0, 0.1) is 6.92 Å². The van der Waals surface area contributed by atoms with Crippen molar-refractivity contribution in [1.29, 1.82) is 0 Å². The van der Waals surface area contributed by atoms with Crippen LogP contribution in [-0.4, -0.2) is 105 Å². The Bertz CT molecular complexity index is 1150. The van der Waals surface area contributed by atoms with E-state index in [-0.39, 0.29) is 18.4 Å². The molecule has 0 saturated carbocycles. The van der Waals surface area contributed by atoms with E-state index in [2.05, 4.69) is 15.5 Å². The fourth-order valence-electron chi connectivity index (χ4n) is 4.50. The lowest BCUT2D eigenvalue weighted by Crippen LogP contribution is -2.49. The number of ether oxygens (including phenoxy) is 2. The zero-order valence-corrected chi connectivity index (χ0v) is 22.6. The van der Waals surface area contributed by atoms with Crippen molar-refractivity contribution < 1.29 is 23.0 Å². The van der Waals surface area contributed by atoms with E-state index in [1.165, 1.54) is 0 Å². The number of sulfonamides is 1. The van der Waals surface area contributed by atoms with Crippen molar-refractivity contribution in [3.8, 4) is 17.1 Å². The molecule has 0 radical (unpaired) electrons. The quantitative estimate of drug-likeness (QED) is 0.385. The van der Waals surface area contributed by atoms with Crippen LogP contribution in [0.2, 0.25) is 0 Å². The molecular formula is C25H38N6O5S. The lowest BCUT2D eigenvalue weighted by Gasteiger charge is -2.35. The molecule has 2 aliphatic rings. The highest BCUT2D eigenvalue weighted by molar-refractivity contribution is 7.89. The summed E-state index contributed by atoms with van der Waals surface area (Å²) < 4.78 is 37.6. The Morgan fingerprint density at radius 3 is 2.70 bits per heavy atom. The molecular weight excluding hydrogens is 496 g/mol. The number of piperazine rings is 1. The van der Waals surface area contributed by atoms with Gasteiger partial charge in [0, 0.05) is 50.5 Å². The number of aromatic nitrogens is 2. The molecule has 2 saturated heterocycles. The fourth-order valence-corrected chi connectivity index (χ4v) is 5.58. The number of hydrogen-bond donors (Lipinski definition) is 3. The Morgan fingerprint density at radius 2 is 2.03 bits per heavy atom. The summed E-state index contributed by atoms with van der Waals surface area (Å²) in [6, 6.07) is 7.69. The third-order valence-corrected chi connectivity index (χ3v) is 8.54. The fraction of sp³-hybridized carbons (Fsp3) is 0.600. The number of nitrogens with one attached hydrogen (secondary N) is 2. The van der Waals surface area contributed by atoms with Crippen LogP contribution in [0.4, 0.5) is 11.6 Å². The average Bonchev–Trinajstić information content (AvgIpc) is 3.42. The molecule has 4 rings (SSSR count). The number of likely N-dealkylation sites (N-methyl/N-ethyl adjacent to an activating group) is 1. The Hall–Kier alpha value is -2.51. The summed E-state index contributed by atoms with van der Waals surface area (Å²) in [5, 5.41) is 16.4. The zero-order valence-electron chi connectivity index (χ0n) is 21.8. The topological polar surface area (TPSA) is 129 Å². The van der Waals surface area contributed by atoms with Crippen LogP contribution < -0.4 is 20.3 Å². The maximum absolute atomic E-state index is 12.3. The van der Waals surface area contributed by atoms with Crippen LogP contribution in [0.25, 0.3) is 11.4 Å². The summed E-state index contributed by atoms with van der Waals surface area (Å²) in [5.41, 5.74) is 1.71. The predicted octanol–water partition coefficient (Wildman–Crippen LogP) is 1.08. The Kier molecular flexibility index (Phi) is 9.19. The van der Waals surface area contributed by atoms with E-state index >= 15 is 0 Å². The normalized spacial score (nSPS) is 19.7. The number of aliphatic hydroxyl groups excluding tert-OH is 1. The van der Waals surface area contributed by atoms with Crippen LogP contribution in [-0.2, 0) is 14.8 Å². The van der Waals surface area contributed by atoms with Crippen LogP contribution in [0.5, 0.6) is 5.75 Å². The molecule has 12 heteroatoms. The predicted molar refractivity (Wildman–Crippen MR) is 144 cm³/mol. The first-order valence-electron chi connectivity index (χ1n) is 12.8. The average molecular weight is 535 g/mol. The van der Waals surface area contributed by atoms with Gasteiger partial charge in [-0.25, -0.2) is 18.4 Å². The van der Waals surface area contributed by atoms with E-state index in [4.69, 9.17) is 19.4 Å². The van der Waals surface area contributed by atoms with Gasteiger partial charge >= 0.3 is 0 Å². The van der Waals surface area contributed by atoms with Crippen molar-refractivity contribution in [2.75, 3.05) is 75.6 Å². The van der Waals surface area contributed by atoms with Gasteiger partial charge in [-0.3, -0.25) is 0 Å². The van der Waals surface area contributed by atoms with Gasteiger partial charge in [0.2, 0.25) is 10.0 Å². The molecule has 1 aromatic carbocycles. The highest BCUT2D eigenvalue weighted by Gasteiger charge is 2.28. The molecule has 1 unspecified atom stereocenters. The standard InChI is InChI=1S/C25H38N6O5S/c1-4-37(33,34)31-11-9-30(10-12-31)25-18(2)23(27-20-8-13-35-16-20)28-24(29-25)19-6-5-7-22(14-19)36-17-21(32)15-26-3/h5-7,14,20-21,26,32H,4,8-13,15-17H2,1-3H3,(H,27,28,29)/t20-,21?/m1/s1. The number of anilines is 2. The van der Waals surface area contributed by atoms with Crippen molar-refractivity contribution in [3.05, 3.63) is 29.8 Å². The SMILES string of the molecule is CCS(=O)(=O)N1CCN(c2nc(-c3cccc(OCC(O)CNC)c3)nc(N[C@@H]3CCOC3)c2C)CC1. The monoisotopic (exact) mass is 534 g/mol. The summed E-state index contributed by atoms with van der Waals surface area (Å²) in [4.78, 5) is 11.9. The van der Waals surface area contributed by atoms with Gasteiger partial charge in [0.1, 0.15) is 30.1 Å². The third-order valence-electron chi connectivity index (χ3n) is 6.66. The summed E-state index contributed by atoms with van der Waals surface area (Å²) >= 11 is 0. The number of rotatable bonds is 11. The maximum atomic E-state index is 12.3. The van der Waals surface area contributed by atoms with Gasteiger partial charge in [-0.2, -0.15) is 4.31 Å². The smallest absolute Gasteiger partial charge is 0.213 e. The Balaban J connectivity index is 1.61. The number of nitrogens with zero attached hydrogens (tertiary/aromatic N) is 4. The van der Waals surface area contributed by atoms with Gasteiger partial charge in [0.05, 0.1) is 18.4 Å². The third kappa shape index (κ3) is 6.88. The largest absolute Gasteiger partial charge is 0.491 e. The molecule has 37 heavy (non-hydrogen) atoms. The first kappa shape index (κ1) is 27.5. The number of hydrogen-bond acceptors (Lipinski definition) is 10. The first-order valence-corrected chi connectivity index (χ1v) is 14.4. The minimum atomic E-state index is -3.22. The molecule has 0 bridgehead atoms. The number of benzene rings is 1. The van der Waals surface area contributed by atoms with Gasteiger partial charge in [-0.1, -0.05) is 12.1 Å². The van der Waals surface area contributed by atoms with Gasteiger partial charge in [0.15, 0.2) is 5.82 Å². The van der Waals surface area contributed by atoms with E-state index in [0.717, 1.165) is 29.2 Å². The number of aliphatic hydroxyl groups is 1. The Morgan fingerprint density at radius 1 is 1.24 bits per heavy atom. The van der Waals surface area contributed by atoms with Crippen molar-refractivity contribution in [2.45, 2.75) is 32.4 Å². The molecule has 0 amide bonds. The summed E-state index contributed by atoms with van der Waals surface area (Å²) in [6.45, 7) is 7.57. The van der Waals surface area contributed by atoms with Crippen molar-refractivity contribution >= 4 is 21.7 Å². The lowest BCUT2D eigenvalue weighted by atomic mass is 10.1. The second-order valence-electron chi connectivity index (χ2n) is 9.39. The second-order valence-corrected chi connectivity index (χ2v) is 11.6. The Labute approximate surface area is 219 Å². The molecule has 1 aromatic heterocycles. The molecule has 2 atom stereocenters. The molecule has 0 spiro atoms. The molecule has 2 aliphatic heterocycles. The minimum Gasteiger partial charge on any atom is -0.491 e. The van der Waals surface area contributed by atoms with Crippen molar-refractivity contribution in [3.63, 3.8) is 0 Å². The van der Waals surface area contributed by atoms with E-state index in [9.17, 15) is 13.5 Å². The highest BCUT2D eigenvalue weighted by Crippen LogP contribution is 2.31.